The molecule has 1 aliphatic carbocycles. The molecule has 3 nitrogen and oxygen atoms in total. The quantitative estimate of drug-likeness (QED) is 0.190. The van der Waals surface area contributed by atoms with Crippen LogP contribution < -0.4 is 9.47 Å². The molecular formula is C29H30F6O3. The van der Waals surface area contributed by atoms with Crippen LogP contribution in [0.2, 0.25) is 0 Å². The maximum absolute atomic E-state index is 14.8. The van der Waals surface area contributed by atoms with Gasteiger partial charge in [-0.1, -0.05) is 25.1 Å². The van der Waals surface area contributed by atoms with E-state index in [0.717, 1.165) is 69.4 Å². The Morgan fingerprint density at radius 1 is 0.921 bits per heavy atom. The number of ether oxygens (including phenoxy) is 3. The third-order valence-corrected chi connectivity index (χ3v) is 7.11. The summed E-state index contributed by atoms with van der Waals surface area (Å²) in [4.78, 5) is 0. The molecule has 38 heavy (non-hydrogen) atoms. The van der Waals surface area contributed by atoms with Gasteiger partial charge in [-0.25, -0.2) is 8.78 Å². The average Bonchev–Trinajstić information content (AvgIpc) is 2.87. The Morgan fingerprint density at radius 3 is 2.32 bits per heavy atom. The van der Waals surface area contributed by atoms with Crippen molar-refractivity contribution in [1.82, 2.24) is 0 Å². The van der Waals surface area contributed by atoms with Gasteiger partial charge in [0.1, 0.15) is 11.6 Å². The molecule has 0 radical (unpaired) electrons. The highest BCUT2D eigenvalue weighted by atomic mass is 19.3. The molecule has 0 bridgehead atoms. The van der Waals surface area contributed by atoms with Crippen LogP contribution in [0.4, 0.5) is 26.3 Å². The van der Waals surface area contributed by atoms with Gasteiger partial charge in [-0.15, -0.1) is 0 Å². The summed E-state index contributed by atoms with van der Waals surface area (Å²) in [5.74, 6) is -2.46. The Hall–Kier alpha value is -2.94. The first-order valence-electron chi connectivity index (χ1n) is 12.7. The van der Waals surface area contributed by atoms with Gasteiger partial charge in [0, 0.05) is 12.7 Å². The van der Waals surface area contributed by atoms with Crippen LogP contribution in [0.3, 0.4) is 0 Å². The molecule has 2 aromatic carbocycles. The molecule has 2 aromatic rings. The standard InChI is InChI=1S/C29H30F6O3/c1-18-2-9-22(36-16-18)10-5-19-3-6-20(7-4-19)21-8-12-24(25(30)14-21)29(34,35)38-23-11-13-27(26(31)15-23)37-17-28(32)33/h5,8,10-15,17-20,22H,2-4,6-7,9,16H2,1H3. The fourth-order valence-electron chi connectivity index (χ4n) is 4.95. The van der Waals surface area contributed by atoms with E-state index in [1.807, 2.05) is 0 Å². The third kappa shape index (κ3) is 7.34. The largest absolute Gasteiger partial charge is 0.456 e. The van der Waals surface area contributed by atoms with Gasteiger partial charge < -0.3 is 14.2 Å². The van der Waals surface area contributed by atoms with Crippen LogP contribution in [0.1, 0.15) is 62.5 Å². The molecule has 0 aromatic heterocycles. The number of alkyl halides is 2. The van der Waals surface area contributed by atoms with Crippen LogP contribution in [0.15, 0.2) is 60.9 Å². The van der Waals surface area contributed by atoms with Gasteiger partial charge >= 0.3 is 12.2 Å². The molecule has 2 atom stereocenters. The summed E-state index contributed by atoms with van der Waals surface area (Å²) in [6.07, 6.45) is 3.93. The summed E-state index contributed by atoms with van der Waals surface area (Å²) in [6, 6.07) is 5.89. The first kappa shape index (κ1) is 28.1. The van der Waals surface area contributed by atoms with Crippen LogP contribution >= 0.6 is 0 Å². The van der Waals surface area contributed by atoms with E-state index in [1.165, 1.54) is 6.07 Å². The van der Waals surface area contributed by atoms with Crippen LogP contribution in [0.5, 0.6) is 11.5 Å². The van der Waals surface area contributed by atoms with E-state index in [4.69, 9.17) is 4.74 Å². The summed E-state index contributed by atoms with van der Waals surface area (Å²) in [6.45, 7) is 2.97. The second-order valence-corrected chi connectivity index (χ2v) is 10.0. The normalized spacial score (nSPS) is 24.3. The summed E-state index contributed by atoms with van der Waals surface area (Å²) in [5, 5.41) is 0. The minimum absolute atomic E-state index is 0.0144. The predicted octanol–water partition coefficient (Wildman–Crippen LogP) is 8.85. The first-order valence-corrected chi connectivity index (χ1v) is 12.7. The van der Waals surface area contributed by atoms with Crippen LogP contribution in [0, 0.1) is 23.5 Å². The van der Waals surface area contributed by atoms with Crippen LogP contribution in [-0.4, -0.2) is 12.7 Å². The Balaban J connectivity index is 1.35. The van der Waals surface area contributed by atoms with Crippen molar-refractivity contribution in [3.63, 3.8) is 0 Å². The fraction of sp³-hybridized carbons (Fsp3) is 0.448. The van der Waals surface area contributed by atoms with Crippen molar-refractivity contribution in [1.29, 1.82) is 0 Å². The lowest BCUT2D eigenvalue weighted by atomic mass is 9.78. The van der Waals surface area contributed by atoms with Crippen LogP contribution in [-0.2, 0) is 10.8 Å². The van der Waals surface area contributed by atoms with Gasteiger partial charge in [0.2, 0.25) is 0 Å². The van der Waals surface area contributed by atoms with Gasteiger partial charge in [0.05, 0.1) is 11.7 Å². The second-order valence-electron chi connectivity index (χ2n) is 10.0. The van der Waals surface area contributed by atoms with Gasteiger partial charge in [0.25, 0.3) is 0 Å². The van der Waals surface area contributed by atoms with Crippen molar-refractivity contribution in [2.24, 2.45) is 11.8 Å². The van der Waals surface area contributed by atoms with Crippen molar-refractivity contribution >= 4 is 0 Å². The van der Waals surface area contributed by atoms with E-state index >= 15 is 0 Å². The van der Waals surface area contributed by atoms with Crippen molar-refractivity contribution in [3.8, 4) is 11.5 Å². The molecule has 0 N–H and O–H groups in total. The molecule has 1 saturated carbocycles. The maximum Gasteiger partial charge on any atom is 0.429 e. The summed E-state index contributed by atoms with van der Waals surface area (Å²) in [5.41, 5.74) is -0.336. The molecule has 0 amide bonds. The number of rotatable bonds is 8. The van der Waals surface area contributed by atoms with Crippen molar-refractivity contribution in [2.45, 2.75) is 63.6 Å². The fourth-order valence-corrected chi connectivity index (χ4v) is 4.95. The Kier molecular flexibility index (Phi) is 9.07. The van der Waals surface area contributed by atoms with E-state index < -0.39 is 40.9 Å². The monoisotopic (exact) mass is 540 g/mol. The average molecular weight is 541 g/mol. The Labute approximate surface area is 218 Å². The number of hydrogen-bond donors (Lipinski definition) is 0. The molecular weight excluding hydrogens is 510 g/mol. The van der Waals surface area contributed by atoms with Crippen molar-refractivity contribution in [3.05, 3.63) is 83.7 Å². The van der Waals surface area contributed by atoms with E-state index in [2.05, 4.69) is 28.5 Å². The third-order valence-electron chi connectivity index (χ3n) is 7.11. The Bertz CT molecular complexity index is 1140. The number of benzene rings is 2. The molecule has 1 aliphatic heterocycles. The smallest absolute Gasteiger partial charge is 0.429 e. The molecule has 2 aliphatic rings. The van der Waals surface area contributed by atoms with Gasteiger partial charge in [-0.2, -0.15) is 17.6 Å². The molecule has 206 valence electrons. The van der Waals surface area contributed by atoms with Crippen molar-refractivity contribution < 1.29 is 40.6 Å². The summed E-state index contributed by atoms with van der Waals surface area (Å²) < 4.78 is 97.3. The predicted molar refractivity (Wildman–Crippen MR) is 130 cm³/mol. The maximum atomic E-state index is 14.8. The Morgan fingerprint density at radius 2 is 1.68 bits per heavy atom. The molecule has 0 spiro atoms. The van der Waals surface area contributed by atoms with E-state index in [9.17, 15) is 26.3 Å². The SMILES string of the molecule is CC1CCC(C=CC2CCC(c3ccc(C(F)(F)Oc4ccc(OC=C(F)F)c(F)c4)c(F)c3)CC2)OC1. The van der Waals surface area contributed by atoms with E-state index in [-0.39, 0.29) is 18.3 Å². The lowest BCUT2D eigenvalue weighted by molar-refractivity contribution is -0.187. The molecule has 4 rings (SSSR count). The number of hydrogen-bond acceptors (Lipinski definition) is 3. The topological polar surface area (TPSA) is 27.7 Å². The molecule has 1 saturated heterocycles. The number of allylic oxidation sites excluding steroid dienone is 1. The molecule has 9 heteroatoms. The van der Waals surface area contributed by atoms with Gasteiger partial charge in [-0.3, -0.25) is 0 Å². The molecule has 1 heterocycles. The lowest BCUT2D eigenvalue weighted by Gasteiger charge is -2.29. The zero-order valence-corrected chi connectivity index (χ0v) is 20.9. The zero-order valence-electron chi connectivity index (χ0n) is 20.9. The van der Waals surface area contributed by atoms with E-state index in [1.54, 1.807) is 0 Å². The summed E-state index contributed by atoms with van der Waals surface area (Å²) in [7, 11) is 0. The second kappa shape index (κ2) is 12.3. The van der Waals surface area contributed by atoms with Crippen LogP contribution in [0.25, 0.3) is 0 Å². The minimum atomic E-state index is -4.09. The highest BCUT2D eigenvalue weighted by Crippen LogP contribution is 2.39. The molecule has 2 unspecified atom stereocenters. The first-order chi connectivity index (χ1) is 18.1. The van der Waals surface area contributed by atoms with Gasteiger partial charge in [0.15, 0.2) is 17.8 Å². The zero-order chi connectivity index (χ0) is 27.3. The molecule has 2 fully saturated rings. The van der Waals surface area contributed by atoms with Gasteiger partial charge in [-0.05, 0) is 86.1 Å². The number of halogens is 6. The highest BCUT2D eigenvalue weighted by Gasteiger charge is 2.38. The summed E-state index contributed by atoms with van der Waals surface area (Å²) >= 11 is 0. The lowest BCUT2D eigenvalue weighted by Crippen LogP contribution is -2.24. The van der Waals surface area contributed by atoms with E-state index in [0.29, 0.717) is 23.5 Å². The van der Waals surface area contributed by atoms with Crippen molar-refractivity contribution in [2.75, 3.05) is 6.61 Å². The highest BCUT2D eigenvalue weighted by molar-refractivity contribution is 5.35. The minimum Gasteiger partial charge on any atom is -0.456 e.